The van der Waals surface area contributed by atoms with E-state index in [1.54, 1.807) is 11.9 Å². The summed E-state index contributed by atoms with van der Waals surface area (Å²) in [5, 5.41) is 0. The fourth-order valence-electron chi connectivity index (χ4n) is 2.47. The second kappa shape index (κ2) is 6.10. The Balaban J connectivity index is 2.16. The lowest BCUT2D eigenvalue weighted by Crippen LogP contribution is -2.44. The number of hydrogen-bond donors (Lipinski definition) is 1. The van der Waals surface area contributed by atoms with Gasteiger partial charge in [-0.25, -0.2) is 4.39 Å². The fourth-order valence-corrected chi connectivity index (χ4v) is 2.95. The summed E-state index contributed by atoms with van der Waals surface area (Å²) in [5.74, 6) is -0.645. The van der Waals surface area contributed by atoms with Gasteiger partial charge in [-0.05, 0) is 61.0 Å². The Morgan fingerprint density at radius 3 is 2.65 bits per heavy atom. The second-order valence-corrected chi connectivity index (χ2v) is 6.16. The molecule has 0 atom stereocenters. The van der Waals surface area contributed by atoms with E-state index in [0.29, 0.717) is 10.0 Å². The molecule has 0 radical (unpaired) electrons. The van der Waals surface area contributed by atoms with Crippen LogP contribution in [0, 0.1) is 5.82 Å². The predicted octanol–water partition coefficient (Wildman–Crippen LogP) is 2.34. The lowest BCUT2D eigenvalue weighted by Gasteiger charge is -2.35. The number of benzene rings is 1. The van der Waals surface area contributed by atoms with Crippen LogP contribution in [0.3, 0.4) is 0 Å². The third kappa shape index (κ3) is 3.12. The van der Waals surface area contributed by atoms with Gasteiger partial charge in [-0.3, -0.25) is 4.79 Å². The van der Waals surface area contributed by atoms with E-state index < -0.39 is 5.82 Å². The van der Waals surface area contributed by atoms with Gasteiger partial charge in [-0.1, -0.05) is 0 Å². The third-order valence-corrected chi connectivity index (χ3v) is 4.53. The Morgan fingerprint density at radius 2 is 2.05 bits per heavy atom. The van der Waals surface area contributed by atoms with Gasteiger partial charge in [-0.15, -0.1) is 0 Å². The minimum atomic E-state index is -0.518. The number of nitrogens with two attached hydrogens (primary N) is 1. The van der Waals surface area contributed by atoms with E-state index in [9.17, 15) is 9.18 Å². The molecule has 2 N–H and O–H groups in total. The Hall–Kier alpha value is -1.14. The number of piperidine rings is 1. The molecule has 1 aliphatic rings. The molecule has 20 heavy (non-hydrogen) atoms. The van der Waals surface area contributed by atoms with Crippen LogP contribution in [0.1, 0.15) is 23.2 Å². The van der Waals surface area contributed by atoms with Crippen LogP contribution in [0.25, 0.3) is 0 Å². The predicted molar refractivity (Wildman–Crippen MR) is 81.1 cm³/mol. The van der Waals surface area contributed by atoms with E-state index in [-0.39, 0.29) is 17.6 Å². The SMILES string of the molecule is CN1CCC(N(C)C(=O)c2cc(N)c(F)cc2Br)CC1. The van der Waals surface area contributed by atoms with E-state index in [2.05, 4.69) is 27.9 Å². The highest BCUT2D eigenvalue weighted by molar-refractivity contribution is 9.10. The summed E-state index contributed by atoms with van der Waals surface area (Å²) in [6, 6.07) is 2.86. The number of nitrogens with zero attached hydrogens (tertiary/aromatic N) is 2. The largest absolute Gasteiger partial charge is 0.396 e. The standard InChI is InChI=1S/C14H19BrFN3O/c1-18-5-3-9(4-6-18)19(2)14(20)10-7-13(17)12(16)8-11(10)15/h7-9H,3-6,17H2,1-2H3. The van der Waals surface area contributed by atoms with Crippen molar-refractivity contribution in [1.29, 1.82) is 0 Å². The van der Waals surface area contributed by atoms with Crippen LogP contribution in [0.2, 0.25) is 0 Å². The van der Waals surface area contributed by atoms with Crippen molar-refractivity contribution in [2.75, 3.05) is 32.9 Å². The van der Waals surface area contributed by atoms with Crippen molar-refractivity contribution in [1.82, 2.24) is 9.80 Å². The molecule has 0 aliphatic carbocycles. The number of hydrogen-bond acceptors (Lipinski definition) is 3. The Morgan fingerprint density at radius 1 is 1.45 bits per heavy atom. The van der Waals surface area contributed by atoms with Gasteiger partial charge in [-0.2, -0.15) is 0 Å². The lowest BCUT2D eigenvalue weighted by molar-refractivity contribution is 0.0658. The molecule has 0 saturated carbocycles. The van der Waals surface area contributed by atoms with Crippen molar-refractivity contribution in [3.63, 3.8) is 0 Å². The van der Waals surface area contributed by atoms with Crippen LogP contribution in [0.15, 0.2) is 16.6 Å². The molecule has 0 bridgehead atoms. The first-order valence-corrected chi connectivity index (χ1v) is 7.39. The molecule has 4 nitrogen and oxygen atoms in total. The minimum absolute atomic E-state index is 0.00618. The van der Waals surface area contributed by atoms with Gasteiger partial charge < -0.3 is 15.5 Å². The number of nitrogen functional groups attached to an aromatic ring is 1. The molecule has 1 fully saturated rings. The van der Waals surface area contributed by atoms with E-state index >= 15 is 0 Å². The van der Waals surface area contributed by atoms with Gasteiger partial charge in [0.2, 0.25) is 0 Å². The van der Waals surface area contributed by atoms with Gasteiger partial charge in [0.1, 0.15) is 5.82 Å². The van der Waals surface area contributed by atoms with Crippen molar-refractivity contribution < 1.29 is 9.18 Å². The van der Waals surface area contributed by atoms with E-state index in [1.807, 2.05) is 0 Å². The number of anilines is 1. The van der Waals surface area contributed by atoms with Crippen molar-refractivity contribution in [3.05, 3.63) is 28.0 Å². The van der Waals surface area contributed by atoms with Crippen molar-refractivity contribution in [3.8, 4) is 0 Å². The number of rotatable bonds is 2. The third-order valence-electron chi connectivity index (χ3n) is 3.87. The summed E-state index contributed by atoms with van der Waals surface area (Å²) in [4.78, 5) is 16.5. The Bertz CT molecular complexity index is 515. The minimum Gasteiger partial charge on any atom is -0.396 e. The quantitative estimate of drug-likeness (QED) is 0.838. The van der Waals surface area contributed by atoms with Crippen molar-refractivity contribution in [2.24, 2.45) is 0 Å². The van der Waals surface area contributed by atoms with Gasteiger partial charge >= 0.3 is 0 Å². The molecule has 1 amide bonds. The van der Waals surface area contributed by atoms with Crippen molar-refractivity contribution >= 4 is 27.5 Å². The maximum absolute atomic E-state index is 13.3. The topological polar surface area (TPSA) is 49.6 Å². The zero-order valence-corrected chi connectivity index (χ0v) is 13.3. The highest BCUT2D eigenvalue weighted by Gasteiger charge is 2.26. The highest BCUT2D eigenvalue weighted by atomic mass is 79.9. The molecule has 1 aromatic rings. The molecule has 0 unspecified atom stereocenters. The first-order valence-electron chi connectivity index (χ1n) is 6.60. The lowest BCUT2D eigenvalue weighted by atomic mass is 10.0. The highest BCUT2D eigenvalue weighted by Crippen LogP contribution is 2.25. The normalized spacial score (nSPS) is 17.2. The summed E-state index contributed by atoms with van der Waals surface area (Å²) < 4.78 is 13.8. The van der Waals surface area contributed by atoms with Gasteiger partial charge in [0.15, 0.2) is 0 Å². The maximum atomic E-state index is 13.3. The molecule has 0 aromatic heterocycles. The average molecular weight is 344 g/mol. The Labute approximate surface area is 126 Å². The smallest absolute Gasteiger partial charge is 0.255 e. The molecule has 110 valence electrons. The van der Waals surface area contributed by atoms with E-state index in [1.165, 1.54) is 12.1 Å². The van der Waals surface area contributed by atoms with Crippen LogP contribution < -0.4 is 5.73 Å². The number of amides is 1. The number of carbonyl (C=O) groups excluding carboxylic acids is 1. The van der Waals surface area contributed by atoms with Crippen LogP contribution in [-0.2, 0) is 0 Å². The molecule has 2 rings (SSSR count). The molecule has 1 heterocycles. The van der Waals surface area contributed by atoms with Crippen LogP contribution in [0.5, 0.6) is 0 Å². The van der Waals surface area contributed by atoms with E-state index in [0.717, 1.165) is 25.9 Å². The van der Waals surface area contributed by atoms with Gasteiger partial charge in [0.05, 0.1) is 11.3 Å². The summed E-state index contributed by atoms with van der Waals surface area (Å²) in [6.45, 7) is 1.96. The number of likely N-dealkylation sites (tertiary alicyclic amines) is 1. The maximum Gasteiger partial charge on any atom is 0.255 e. The zero-order chi connectivity index (χ0) is 14.9. The Kier molecular flexibility index (Phi) is 4.65. The average Bonchev–Trinajstić information content (AvgIpc) is 2.42. The molecule has 0 spiro atoms. The van der Waals surface area contributed by atoms with Crippen LogP contribution >= 0.6 is 15.9 Å². The summed E-state index contributed by atoms with van der Waals surface area (Å²) in [6.07, 6.45) is 1.90. The van der Waals surface area contributed by atoms with Gasteiger partial charge in [0, 0.05) is 17.6 Å². The number of halogens is 2. The first kappa shape index (κ1) is 15.3. The molecular weight excluding hydrogens is 325 g/mol. The van der Waals surface area contributed by atoms with Crippen LogP contribution in [0.4, 0.5) is 10.1 Å². The van der Waals surface area contributed by atoms with Gasteiger partial charge in [0.25, 0.3) is 5.91 Å². The van der Waals surface area contributed by atoms with Crippen molar-refractivity contribution in [2.45, 2.75) is 18.9 Å². The zero-order valence-electron chi connectivity index (χ0n) is 11.7. The summed E-state index contributed by atoms with van der Waals surface area (Å²) >= 11 is 3.23. The molecule has 1 aromatic carbocycles. The summed E-state index contributed by atoms with van der Waals surface area (Å²) in [7, 11) is 3.87. The van der Waals surface area contributed by atoms with Crippen LogP contribution in [-0.4, -0.2) is 48.9 Å². The second-order valence-electron chi connectivity index (χ2n) is 5.30. The monoisotopic (exact) mass is 343 g/mol. The molecule has 1 aliphatic heterocycles. The molecule has 6 heteroatoms. The number of carbonyl (C=O) groups is 1. The summed E-state index contributed by atoms with van der Waals surface area (Å²) in [5.41, 5.74) is 5.95. The fraction of sp³-hybridized carbons (Fsp3) is 0.500. The van der Waals surface area contributed by atoms with E-state index in [4.69, 9.17) is 5.73 Å². The first-order chi connectivity index (χ1) is 9.40. The molecular formula is C14H19BrFN3O. The molecule has 1 saturated heterocycles.